The van der Waals surface area contributed by atoms with Crippen molar-refractivity contribution in [3.8, 4) is 17.1 Å². The molecule has 0 saturated heterocycles. The van der Waals surface area contributed by atoms with E-state index in [0.717, 1.165) is 22.4 Å². The fourth-order valence-electron chi connectivity index (χ4n) is 3.73. The summed E-state index contributed by atoms with van der Waals surface area (Å²) in [6, 6.07) is 27.6. The van der Waals surface area contributed by atoms with E-state index in [1.165, 1.54) is 0 Å². The Morgan fingerprint density at radius 3 is 2.09 bits per heavy atom. The van der Waals surface area contributed by atoms with Crippen molar-refractivity contribution in [1.82, 2.24) is 10.3 Å². The van der Waals surface area contributed by atoms with E-state index in [1.807, 2.05) is 91.9 Å². The van der Waals surface area contributed by atoms with Crippen LogP contribution in [0, 0.1) is 0 Å². The maximum absolute atomic E-state index is 12.9. The first-order chi connectivity index (χ1) is 15.6. The van der Waals surface area contributed by atoms with Crippen LogP contribution in [0.4, 0.5) is 0 Å². The van der Waals surface area contributed by atoms with Crippen LogP contribution in [-0.4, -0.2) is 18.0 Å². The van der Waals surface area contributed by atoms with Crippen molar-refractivity contribution in [3.63, 3.8) is 0 Å². The van der Waals surface area contributed by atoms with E-state index >= 15 is 0 Å². The highest BCUT2D eigenvalue weighted by molar-refractivity contribution is 5.78. The molecule has 4 aromatic rings. The SMILES string of the molecule is COc1ccc(-c2cnc(CCC(=O)NC(C)(c3ccccc3)c3ccccc3)o2)cc1. The summed E-state index contributed by atoms with van der Waals surface area (Å²) in [5.41, 5.74) is 2.33. The summed E-state index contributed by atoms with van der Waals surface area (Å²) >= 11 is 0. The highest BCUT2D eigenvalue weighted by atomic mass is 16.5. The molecule has 0 fully saturated rings. The van der Waals surface area contributed by atoms with Gasteiger partial charge in [0.25, 0.3) is 0 Å². The van der Waals surface area contributed by atoms with E-state index in [9.17, 15) is 4.79 Å². The number of nitrogens with zero attached hydrogens (tertiary/aromatic N) is 1. The molecule has 0 spiro atoms. The number of amides is 1. The van der Waals surface area contributed by atoms with Gasteiger partial charge in [-0.25, -0.2) is 4.98 Å². The predicted octanol–water partition coefficient (Wildman–Crippen LogP) is 5.36. The number of aryl methyl sites for hydroxylation is 1. The van der Waals surface area contributed by atoms with Gasteiger partial charge >= 0.3 is 0 Å². The number of hydrogen-bond acceptors (Lipinski definition) is 4. The summed E-state index contributed by atoms with van der Waals surface area (Å²) in [7, 11) is 1.63. The normalized spacial score (nSPS) is 11.2. The molecule has 0 aliphatic rings. The number of ether oxygens (including phenoxy) is 1. The van der Waals surface area contributed by atoms with Crippen molar-refractivity contribution in [1.29, 1.82) is 0 Å². The summed E-state index contributed by atoms with van der Waals surface area (Å²) in [6.45, 7) is 2.03. The summed E-state index contributed by atoms with van der Waals surface area (Å²) < 4.78 is 11.0. The highest BCUT2D eigenvalue weighted by Crippen LogP contribution is 2.29. The van der Waals surface area contributed by atoms with E-state index in [0.29, 0.717) is 18.1 Å². The number of hydrogen-bond donors (Lipinski definition) is 1. The third-order valence-electron chi connectivity index (χ3n) is 5.59. The van der Waals surface area contributed by atoms with Crippen LogP contribution in [-0.2, 0) is 16.8 Å². The van der Waals surface area contributed by atoms with Gasteiger partial charge in [0.2, 0.25) is 5.91 Å². The average Bonchev–Trinajstić information content (AvgIpc) is 3.33. The number of methoxy groups -OCH3 is 1. The summed E-state index contributed by atoms with van der Waals surface area (Å²) in [6.07, 6.45) is 2.38. The van der Waals surface area contributed by atoms with Crippen LogP contribution in [0.25, 0.3) is 11.3 Å². The second-order valence-electron chi connectivity index (χ2n) is 7.75. The lowest BCUT2D eigenvalue weighted by Gasteiger charge is -2.32. The lowest BCUT2D eigenvalue weighted by Crippen LogP contribution is -2.44. The first kappa shape index (κ1) is 21.4. The van der Waals surface area contributed by atoms with Gasteiger partial charge < -0.3 is 14.5 Å². The average molecular weight is 427 g/mol. The Labute approximate surface area is 188 Å². The Balaban J connectivity index is 1.45. The monoisotopic (exact) mass is 426 g/mol. The number of nitrogens with one attached hydrogen (secondary N) is 1. The lowest BCUT2D eigenvalue weighted by atomic mass is 9.84. The summed E-state index contributed by atoms with van der Waals surface area (Å²) in [4.78, 5) is 17.3. The van der Waals surface area contributed by atoms with Crippen LogP contribution >= 0.6 is 0 Å². The van der Waals surface area contributed by atoms with Crippen molar-refractivity contribution in [2.75, 3.05) is 7.11 Å². The van der Waals surface area contributed by atoms with E-state index in [4.69, 9.17) is 9.15 Å². The van der Waals surface area contributed by atoms with Gasteiger partial charge in [-0.3, -0.25) is 4.79 Å². The van der Waals surface area contributed by atoms with Gasteiger partial charge in [-0.1, -0.05) is 60.7 Å². The molecule has 32 heavy (non-hydrogen) atoms. The maximum atomic E-state index is 12.9. The number of carbonyl (C=O) groups excluding carboxylic acids is 1. The first-order valence-electron chi connectivity index (χ1n) is 10.6. The molecule has 5 heteroatoms. The number of benzene rings is 3. The molecule has 1 amide bonds. The molecule has 1 aromatic heterocycles. The molecule has 162 valence electrons. The van der Waals surface area contributed by atoms with Gasteiger partial charge in [0.1, 0.15) is 5.75 Å². The summed E-state index contributed by atoms with van der Waals surface area (Å²) in [5.74, 6) is 1.92. The second-order valence-corrected chi connectivity index (χ2v) is 7.75. The van der Waals surface area contributed by atoms with Crippen molar-refractivity contribution in [3.05, 3.63) is 108 Å². The van der Waals surface area contributed by atoms with Crippen LogP contribution in [0.3, 0.4) is 0 Å². The number of aromatic nitrogens is 1. The van der Waals surface area contributed by atoms with Gasteiger partial charge in [0.15, 0.2) is 11.7 Å². The third kappa shape index (κ3) is 4.72. The molecule has 0 radical (unpaired) electrons. The van der Waals surface area contributed by atoms with Gasteiger partial charge in [-0.15, -0.1) is 0 Å². The fraction of sp³-hybridized carbons (Fsp3) is 0.185. The van der Waals surface area contributed by atoms with Gasteiger partial charge in [0, 0.05) is 18.4 Å². The molecule has 0 aliphatic heterocycles. The van der Waals surface area contributed by atoms with Gasteiger partial charge in [-0.05, 0) is 42.3 Å². The van der Waals surface area contributed by atoms with Crippen LogP contribution in [0.1, 0.15) is 30.4 Å². The minimum absolute atomic E-state index is 0.0654. The smallest absolute Gasteiger partial charge is 0.221 e. The molecule has 1 heterocycles. The molecular weight excluding hydrogens is 400 g/mol. The second kappa shape index (κ2) is 9.52. The Morgan fingerprint density at radius 1 is 0.938 bits per heavy atom. The molecule has 0 atom stereocenters. The van der Waals surface area contributed by atoms with Crippen LogP contribution < -0.4 is 10.1 Å². The standard InChI is InChI=1S/C27H26N2O3/c1-27(21-9-5-3-6-10-21,22-11-7-4-8-12-22)29-25(30)17-18-26-28-19-24(32-26)20-13-15-23(31-2)16-14-20/h3-16,19H,17-18H2,1-2H3,(H,29,30). The number of rotatable bonds is 8. The summed E-state index contributed by atoms with van der Waals surface area (Å²) in [5, 5.41) is 3.23. The molecule has 1 N–H and O–H groups in total. The van der Waals surface area contributed by atoms with Crippen molar-refractivity contribution >= 4 is 5.91 Å². The van der Waals surface area contributed by atoms with Gasteiger partial charge in [-0.2, -0.15) is 0 Å². The Kier molecular flexibility index (Phi) is 6.36. The fourth-order valence-corrected chi connectivity index (χ4v) is 3.73. The quantitative estimate of drug-likeness (QED) is 0.412. The zero-order chi connectivity index (χ0) is 22.4. The maximum Gasteiger partial charge on any atom is 0.221 e. The largest absolute Gasteiger partial charge is 0.497 e. The van der Waals surface area contributed by atoms with E-state index in [2.05, 4.69) is 10.3 Å². The van der Waals surface area contributed by atoms with Crippen molar-refractivity contribution < 1.29 is 13.9 Å². The molecule has 0 unspecified atom stereocenters. The molecule has 4 rings (SSSR count). The molecule has 0 bridgehead atoms. The first-order valence-corrected chi connectivity index (χ1v) is 10.6. The number of oxazole rings is 1. The Bertz CT molecular complexity index is 1110. The minimum atomic E-state index is -0.634. The predicted molar refractivity (Wildman–Crippen MR) is 124 cm³/mol. The van der Waals surface area contributed by atoms with Gasteiger partial charge in [0.05, 0.1) is 18.8 Å². The topological polar surface area (TPSA) is 64.4 Å². The van der Waals surface area contributed by atoms with Crippen LogP contribution in [0.5, 0.6) is 5.75 Å². The molecule has 5 nitrogen and oxygen atoms in total. The number of carbonyl (C=O) groups is 1. The lowest BCUT2D eigenvalue weighted by molar-refractivity contribution is -0.122. The molecular formula is C27H26N2O3. The third-order valence-corrected chi connectivity index (χ3v) is 5.59. The zero-order valence-corrected chi connectivity index (χ0v) is 18.2. The minimum Gasteiger partial charge on any atom is -0.497 e. The highest BCUT2D eigenvalue weighted by Gasteiger charge is 2.30. The van der Waals surface area contributed by atoms with Crippen LogP contribution in [0.15, 0.2) is 95.5 Å². The molecule has 0 saturated carbocycles. The van der Waals surface area contributed by atoms with E-state index < -0.39 is 5.54 Å². The molecule has 0 aliphatic carbocycles. The Hall–Kier alpha value is -3.86. The van der Waals surface area contributed by atoms with Crippen molar-refractivity contribution in [2.24, 2.45) is 0 Å². The van der Waals surface area contributed by atoms with Crippen LogP contribution in [0.2, 0.25) is 0 Å². The Morgan fingerprint density at radius 2 is 1.53 bits per heavy atom. The van der Waals surface area contributed by atoms with E-state index in [-0.39, 0.29) is 12.3 Å². The van der Waals surface area contributed by atoms with Crippen molar-refractivity contribution in [2.45, 2.75) is 25.3 Å². The van der Waals surface area contributed by atoms with E-state index in [1.54, 1.807) is 13.3 Å². The zero-order valence-electron chi connectivity index (χ0n) is 18.2. The molecule has 3 aromatic carbocycles.